The van der Waals surface area contributed by atoms with E-state index in [4.69, 9.17) is 15.5 Å². The molecule has 1 aromatic heterocycles. The summed E-state index contributed by atoms with van der Waals surface area (Å²) in [5, 5.41) is 1.19. The lowest BCUT2D eigenvalue weighted by Crippen LogP contribution is -2.37. The second-order valence-electron chi connectivity index (χ2n) is 5.66. The highest BCUT2D eigenvalue weighted by Gasteiger charge is 2.21. The predicted octanol–water partition coefficient (Wildman–Crippen LogP) is 2.35. The van der Waals surface area contributed by atoms with Crippen molar-refractivity contribution in [2.75, 3.05) is 31.7 Å². The Morgan fingerprint density at radius 1 is 1.29 bits per heavy atom. The van der Waals surface area contributed by atoms with Gasteiger partial charge >= 0.3 is 0 Å². The number of fused-ring (bicyclic) bond motifs is 1. The summed E-state index contributed by atoms with van der Waals surface area (Å²) >= 11 is 0. The Balaban J connectivity index is 1.99. The minimum absolute atomic E-state index is 0.504. The lowest BCUT2D eigenvalue weighted by atomic mass is 10.0. The van der Waals surface area contributed by atoms with Gasteiger partial charge in [-0.1, -0.05) is 18.2 Å². The van der Waals surface area contributed by atoms with Gasteiger partial charge < -0.3 is 15.4 Å². The minimum Gasteiger partial charge on any atom is -0.381 e. The van der Waals surface area contributed by atoms with Gasteiger partial charge in [-0.2, -0.15) is 0 Å². The molecule has 112 valence electrons. The Hall–Kier alpha value is -1.65. The van der Waals surface area contributed by atoms with Crippen LogP contribution in [0.5, 0.6) is 0 Å². The van der Waals surface area contributed by atoms with E-state index in [1.54, 1.807) is 0 Å². The van der Waals surface area contributed by atoms with Gasteiger partial charge in [0.05, 0.1) is 5.52 Å². The molecule has 0 spiro atoms. The van der Waals surface area contributed by atoms with E-state index in [1.807, 2.05) is 6.07 Å². The van der Waals surface area contributed by atoms with Crippen LogP contribution in [0.1, 0.15) is 18.4 Å². The number of para-hydroxylation sites is 1. The van der Waals surface area contributed by atoms with Crippen LogP contribution in [0, 0.1) is 0 Å². The van der Waals surface area contributed by atoms with Crippen LogP contribution in [-0.4, -0.2) is 37.8 Å². The van der Waals surface area contributed by atoms with Gasteiger partial charge in [-0.05, 0) is 43.5 Å². The first-order valence-electron chi connectivity index (χ1n) is 7.69. The van der Waals surface area contributed by atoms with E-state index in [0.29, 0.717) is 12.6 Å². The van der Waals surface area contributed by atoms with Crippen LogP contribution in [0.4, 0.5) is 5.82 Å². The highest BCUT2D eigenvalue weighted by molar-refractivity contribution is 5.81. The van der Waals surface area contributed by atoms with Crippen molar-refractivity contribution in [1.82, 2.24) is 4.98 Å². The molecule has 1 aromatic carbocycles. The molecule has 21 heavy (non-hydrogen) atoms. The molecule has 0 aliphatic carbocycles. The number of pyridine rings is 1. The molecule has 0 amide bonds. The molecule has 2 aromatic rings. The molecule has 1 aliphatic rings. The molecule has 0 unspecified atom stereocenters. The third-order valence-electron chi connectivity index (χ3n) is 4.27. The van der Waals surface area contributed by atoms with Crippen LogP contribution >= 0.6 is 0 Å². The van der Waals surface area contributed by atoms with E-state index in [-0.39, 0.29) is 0 Å². The Morgan fingerprint density at radius 3 is 2.81 bits per heavy atom. The average molecular weight is 285 g/mol. The topological polar surface area (TPSA) is 51.4 Å². The van der Waals surface area contributed by atoms with Crippen LogP contribution in [0.3, 0.4) is 0 Å². The number of aromatic nitrogens is 1. The fraction of sp³-hybridized carbons (Fsp3) is 0.471. The van der Waals surface area contributed by atoms with Crippen LogP contribution in [-0.2, 0) is 11.2 Å². The Kier molecular flexibility index (Phi) is 4.36. The summed E-state index contributed by atoms with van der Waals surface area (Å²) < 4.78 is 5.47. The zero-order valence-electron chi connectivity index (χ0n) is 12.6. The molecule has 0 saturated carbocycles. The van der Waals surface area contributed by atoms with Crippen LogP contribution in [0.2, 0.25) is 0 Å². The molecule has 1 saturated heterocycles. The van der Waals surface area contributed by atoms with Crippen molar-refractivity contribution >= 4 is 16.7 Å². The fourth-order valence-corrected chi connectivity index (χ4v) is 3.04. The summed E-state index contributed by atoms with van der Waals surface area (Å²) in [4.78, 5) is 7.22. The van der Waals surface area contributed by atoms with E-state index >= 15 is 0 Å². The minimum atomic E-state index is 0.504. The van der Waals surface area contributed by atoms with Crippen molar-refractivity contribution < 1.29 is 4.74 Å². The van der Waals surface area contributed by atoms with E-state index in [1.165, 1.54) is 10.9 Å². The van der Waals surface area contributed by atoms with Crippen molar-refractivity contribution in [1.29, 1.82) is 0 Å². The van der Waals surface area contributed by atoms with E-state index in [9.17, 15) is 0 Å². The number of nitrogens with two attached hydrogens (primary N) is 1. The maximum absolute atomic E-state index is 5.79. The first-order valence-corrected chi connectivity index (χ1v) is 7.69. The summed E-state index contributed by atoms with van der Waals surface area (Å²) in [5.74, 6) is 1.08. The van der Waals surface area contributed by atoms with Crippen LogP contribution < -0.4 is 10.6 Å². The van der Waals surface area contributed by atoms with Gasteiger partial charge in [0, 0.05) is 31.7 Å². The zero-order valence-corrected chi connectivity index (χ0v) is 12.6. The van der Waals surface area contributed by atoms with Crippen molar-refractivity contribution in [3.63, 3.8) is 0 Å². The molecule has 4 heteroatoms. The fourth-order valence-electron chi connectivity index (χ4n) is 3.04. The monoisotopic (exact) mass is 285 g/mol. The van der Waals surface area contributed by atoms with Gasteiger partial charge in [0.1, 0.15) is 5.82 Å². The van der Waals surface area contributed by atoms with Gasteiger partial charge in [0.15, 0.2) is 0 Å². The molecule has 0 bridgehead atoms. The Bertz CT molecular complexity index is 608. The maximum Gasteiger partial charge on any atom is 0.132 e. The molecule has 2 heterocycles. The normalized spacial score (nSPS) is 16.3. The first-order chi connectivity index (χ1) is 10.3. The van der Waals surface area contributed by atoms with E-state index in [0.717, 1.165) is 43.8 Å². The lowest BCUT2D eigenvalue weighted by molar-refractivity contribution is 0.0853. The predicted molar refractivity (Wildman–Crippen MR) is 86.7 cm³/mol. The van der Waals surface area contributed by atoms with Crippen LogP contribution in [0.15, 0.2) is 30.3 Å². The summed E-state index contributed by atoms with van der Waals surface area (Å²) in [7, 11) is 2.15. The molecular formula is C17H23N3O. The van der Waals surface area contributed by atoms with Gasteiger partial charge in [0.25, 0.3) is 0 Å². The summed E-state index contributed by atoms with van der Waals surface area (Å²) in [6.07, 6.45) is 2.99. The number of nitrogens with zero attached hydrogens (tertiary/aromatic N) is 2. The van der Waals surface area contributed by atoms with E-state index in [2.05, 4.69) is 36.2 Å². The quantitative estimate of drug-likeness (QED) is 0.937. The standard InChI is InChI=1S/C17H23N3O/c1-20(15-7-10-21-11-8-15)17-14(6-9-18)12-13-4-2-3-5-16(13)19-17/h2-5,12,15H,6-11,18H2,1H3. The highest BCUT2D eigenvalue weighted by Crippen LogP contribution is 2.27. The Morgan fingerprint density at radius 2 is 2.05 bits per heavy atom. The molecule has 0 radical (unpaired) electrons. The van der Waals surface area contributed by atoms with Crippen molar-refractivity contribution in [2.24, 2.45) is 5.73 Å². The number of rotatable bonds is 4. The third-order valence-corrected chi connectivity index (χ3v) is 4.27. The summed E-state index contributed by atoms with van der Waals surface area (Å²) in [6, 6.07) is 11.0. The average Bonchev–Trinajstić information content (AvgIpc) is 2.55. The number of ether oxygens (including phenoxy) is 1. The van der Waals surface area contributed by atoms with E-state index < -0.39 is 0 Å². The van der Waals surface area contributed by atoms with Crippen molar-refractivity contribution in [2.45, 2.75) is 25.3 Å². The van der Waals surface area contributed by atoms with Crippen molar-refractivity contribution in [3.05, 3.63) is 35.9 Å². The zero-order chi connectivity index (χ0) is 14.7. The largest absolute Gasteiger partial charge is 0.381 e. The molecular weight excluding hydrogens is 262 g/mol. The second-order valence-corrected chi connectivity index (χ2v) is 5.66. The van der Waals surface area contributed by atoms with Gasteiger partial charge in [-0.15, -0.1) is 0 Å². The van der Waals surface area contributed by atoms with Gasteiger partial charge in [-0.3, -0.25) is 0 Å². The Labute approximate surface area is 125 Å². The lowest BCUT2D eigenvalue weighted by Gasteiger charge is -2.33. The molecule has 0 atom stereocenters. The molecule has 2 N–H and O–H groups in total. The number of hydrogen-bond donors (Lipinski definition) is 1. The molecule has 4 nitrogen and oxygen atoms in total. The van der Waals surface area contributed by atoms with Gasteiger partial charge in [0.2, 0.25) is 0 Å². The molecule has 1 fully saturated rings. The number of hydrogen-bond acceptors (Lipinski definition) is 4. The third kappa shape index (κ3) is 3.01. The summed E-state index contributed by atoms with van der Waals surface area (Å²) in [6.45, 7) is 2.33. The number of anilines is 1. The number of benzene rings is 1. The van der Waals surface area contributed by atoms with Crippen LogP contribution in [0.25, 0.3) is 10.9 Å². The maximum atomic E-state index is 5.79. The highest BCUT2D eigenvalue weighted by atomic mass is 16.5. The first kappa shape index (κ1) is 14.3. The summed E-state index contributed by atoms with van der Waals surface area (Å²) in [5.41, 5.74) is 8.08. The van der Waals surface area contributed by atoms with Crippen molar-refractivity contribution in [3.8, 4) is 0 Å². The SMILES string of the molecule is CN(c1nc2ccccc2cc1CCN)C1CCOCC1. The second kappa shape index (κ2) is 6.41. The molecule has 3 rings (SSSR count). The molecule has 1 aliphatic heterocycles. The van der Waals surface area contributed by atoms with Gasteiger partial charge in [-0.25, -0.2) is 4.98 Å². The smallest absolute Gasteiger partial charge is 0.132 e.